The molecule has 654 valence electrons. The predicted octanol–water partition coefficient (Wildman–Crippen LogP) is 26.9. The smallest absolute Gasteiger partial charge is 0.185 e. The van der Waals surface area contributed by atoms with E-state index in [0.717, 1.165) is 192 Å². The Bertz CT molecular complexity index is 7120. The number of hydrogen-bond donors (Lipinski definition) is 4. The average Bonchev–Trinajstić information content (AvgIpc) is 1.64. The number of rotatable bonds is 7. The second-order valence-electron chi connectivity index (χ2n) is 30.8. The molecule has 15 aromatic rings. The van der Waals surface area contributed by atoms with Gasteiger partial charge in [-0.2, -0.15) is 0 Å². The monoisotopic (exact) mass is 1920 g/mol. The van der Waals surface area contributed by atoms with Crippen molar-refractivity contribution in [3.63, 3.8) is 0 Å². The van der Waals surface area contributed by atoms with E-state index in [1.807, 2.05) is 237 Å². The van der Waals surface area contributed by atoms with Crippen molar-refractivity contribution < 1.29 is 65.1 Å². The highest BCUT2D eigenvalue weighted by Crippen LogP contribution is 2.41. The molecule has 0 aliphatic carbocycles. The Balaban J connectivity index is 0.000000108. The molecule has 9 aliphatic rings. The summed E-state index contributed by atoms with van der Waals surface area (Å²) in [7, 11) is 0. The summed E-state index contributed by atoms with van der Waals surface area (Å²) >= 11 is 28.2. The zero-order valence-corrected chi connectivity index (χ0v) is 77.1. The average molecular weight is 1920 g/mol. The lowest BCUT2D eigenvalue weighted by Crippen LogP contribution is -2.10. The molecule has 0 bridgehead atoms. The summed E-state index contributed by atoms with van der Waals surface area (Å²) in [4.78, 5) is 86.5. The quantitative estimate of drug-likeness (QED) is 0.0852. The predicted molar refractivity (Wildman–Crippen MR) is 557 cm³/mol. The summed E-state index contributed by atoms with van der Waals surface area (Å²) in [6.07, 6.45) is 20.5. The molecule has 14 heterocycles. The lowest BCUT2D eigenvalue weighted by atomic mass is 10.1. The Morgan fingerprint density at radius 1 is 0.295 bits per heavy atom. The molecular formula is C104H74N4O14S10. The Morgan fingerprint density at radius 3 is 0.909 bits per heavy atom. The number of para-hydroxylation sites is 3. The van der Waals surface area contributed by atoms with E-state index in [-0.39, 0.29) is 67.2 Å². The fraction of sp³-hybridized carbons (Fsp3) is 0.115. The van der Waals surface area contributed by atoms with Crippen molar-refractivity contribution in [1.82, 2.24) is 5.32 Å². The van der Waals surface area contributed by atoms with Crippen molar-refractivity contribution in [3.05, 3.63) is 310 Å². The number of ether oxygens (including phenoxy) is 2. The highest BCUT2D eigenvalue weighted by Gasteiger charge is 2.30. The number of furan rings is 5. The molecule has 4 N–H and O–H groups in total. The molecule has 5 aromatic heterocycles. The Kier molecular flexibility index (Phi) is 28.1. The number of carbonyl (C=O) groups is 7. The molecule has 132 heavy (non-hydrogen) atoms. The first kappa shape index (κ1) is 91.3. The van der Waals surface area contributed by atoms with Crippen LogP contribution >= 0.6 is 119 Å². The fourth-order valence-corrected chi connectivity index (χ4v) is 21.8. The Labute approximate surface area is 802 Å². The van der Waals surface area contributed by atoms with Crippen LogP contribution in [-0.4, -0.2) is 86.4 Å². The van der Waals surface area contributed by atoms with Gasteiger partial charge >= 0.3 is 0 Å². The van der Waals surface area contributed by atoms with Crippen molar-refractivity contribution in [2.75, 3.05) is 13.2 Å². The largest absolute Gasteiger partial charge is 0.493 e. The van der Waals surface area contributed by atoms with Gasteiger partial charge in [0.05, 0.1) is 139 Å². The van der Waals surface area contributed by atoms with E-state index in [1.165, 1.54) is 81.7 Å². The molecule has 0 unspecified atom stereocenters. The number of thioether (sulfide) groups is 6. The van der Waals surface area contributed by atoms with Crippen LogP contribution in [0.3, 0.4) is 0 Å². The van der Waals surface area contributed by atoms with Gasteiger partial charge in [0.1, 0.15) is 56.2 Å². The molecular weight excluding hydrogens is 1850 g/mol. The molecule has 28 heteroatoms. The summed E-state index contributed by atoms with van der Waals surface area (Å²) in [5, 5.41) is 35.2. The molecule has 0 saturated carbocycles. The van der Waals surface area contributed by atoms with Crippen LogP contribution in [0.15, 0.2) is 282 Å². The van der Waals surface area contributed by atoms with Gasteiger partial charge in [0.2, 0.25) is 0 Å². The molecule has 9 aliphatic heterocycles. The third-order valence-corrected chi connectivity index (χ3v) is 28.6. The highest BCUT2D eigenvalue weighted by atomic mass is 32.2. The van der Waals surface area contributed by atoms with E-state index in [0.29, 0.717) is 66.2 Å². The standard InChI is InChI=1S/2C17H11NO2S.C17H10O2S2.C13H11NO2S.C13H9NO2S.C13H10O2S2.C13H8O2S2.CH4/c18-17-9-13(19)16(21-17)8-10-5-6-15-12(7-10)11-3-1-2-4-14(11)20-15;19-14-9-17(21)18-13(14)8-10-5-6-16-12(7-10)11-3-1-2-4-15(11)20-16;18-13-9-17(20)21-16(13)8-10-5-6-15-12(7-10)11-3-1-2-4-14(11)19-15;2*14-13-7-10(15)12(17-13)6-8-1-2-11-9(5-8)3-4-16-11;2*14-10-7-13(16)17-12(10)6-8-1-2-11-9(5-8)3-4-15-11;/h1-8,18H,9H2;1-8H,9H2,(H,18,21);1-8H,9H2;1-2,5-6,14H,3-4,7H2;1-6,14H,7H2;1-2,5-6H,3-4,7H2;1-6H,7H2;1H4/b16-8-,18-17?;13-8-;16-8-;2*12-6-,14-13?;2*12-6-;. The zero-order valence-electron chi connectivity index (χ0n) is 69.0. The number of nitrogens with one attached hydrogen (secondary N) is 4. The van der Waals surface area contributed by atoms with Gasteiger partial charge in [0.15, 0.2) is 40.5 Å². The molecule has 7 saturated heterocycles. The van der Waals surface area contributed by atoms with Crippen LogP contribution in [-0.2, 0) is 46.4 Å². The molecule has 0 atom stereocenters. The van der Waals surface area contributed by atoms with Gasteiger partial charge in [-0.25, -0.2) is 0 Å². The Hall–Kier alpha value is -12.6. The first-order chi connectivity index (χ1) is 63.5. The maximum absolute atomic E-state index is 11.8. The van der Waals surface area contributed by atoms with Gasteiger partial charge in [-0.05, 0) is 208 Å². The van der Waals surface area contributed by atoms with Crippen molar-refractivity contribution in [3.8, 4) is 11.5 Å². The van der Waals surface area contributed by atoms with Gasteiger partial charge in [-0.3, -0.25) is 49.8 Å². The van der Waals surface area contributed by atoms with Gasteiger partial charge in [-0.15, -0.1) is 0 Å². The topological polar surface area (TPSA) is 287 Å². The summed E-state index contributed by atoms with van der Waals surface area (Å²) in [5.74, 6) is 2.44. The van der Waals surface area contributed by atoms with Crippen molar-refractivity contribution in [2.24, 2.45) is 0 Å². The first-order valence-corrected chi connectivity index (χ1v) is 47.7. The van der Waals surface area contributed by atoms with E-state index in [2.05, 4.69) is 23.5 Å². The van der Waals surface area contributed by atoms with Crippen LogP contribution in [0.25, 0.3) is 130 Å². The number of thiocarbonyl (C=S) groups is 4. The van der Waals surface area contributed by atoms with E-state index >= 15 is 0 Å². The second-order valence-corrected chi connectivity index (χ2v) is 40.4. The van der Waals surface area contributed by atoms with Crippen LogP contribution in [0.2, 0.25) is 0 Å². The zero-order chi connectivity index (χ0) is 90.5. The van der Waals surface area contributed by atoms with Crippen LogP contribution in [0.5, 0.6) is 11.5 Å². The summed E-state index contributed by atoms with van der Waals surface area (Å²) < 4.78 is 41.1. The first-order valence-electron chi connectivity index (χ1n) is 41.1. The summed E-state index contributed by atoms with van der Waals surface area (Å²) in [5.41, 5.74) is 16.8. The second kappa shape index (κ2) is 40.6. The van der Waals surface area contributed by atoms with Crippen LogP contribution in [0, 0.1) is 16.2 Å². The van der Waals surface area contributed by atoms with Crippen molar-refractivity contribution in [2.45, 2.75) is 65.2 Å². The van der Waals surface area contributed by atoms with E-state index in [9.17, 15) is 33.6 Å². The normalized spacial score (nSPS) is 18.4. The Morgan fingerprint density at radius 2 is 0.591 bits per heavy atom. The van der Waals surface area contributed by atoms with Gasteiger partial charge in [-0.1, -0.05) is 224 Å². The molecule has 10 aromatic carbocycles. The molecule has 0 radical (unpaired) electrons. The molecule has 18 nitrogen and oxygen atoms in total. The van der Waals surface area contributed by atoms with E-state index in [4.69, 9.17) is 96.7 Å². The van der Waals surface area contributed by atoms with Gasteiger partial charge in [0, 0.05) is 55.9 Å². The molecule has 24 rings (SSSR count). The minimum absolute atomic E-state index is 0. The van der Waals surface area contributed by atoms with E-state index < -0.39 is 0 Å². The number of carbonyl (C=O) groups excluding carboxylic acids is 7. The third kappa shape index (κ3) is 21.6. The number of allylic oxidation sites excluding steroid dienone is 7. The molecule has 7 fully saturated rings. The maximum atomic E-state index is 11.8. The lowest BCUT2D eigenvalue weighted by Gasteiger charge is -2.00. The molecule has 0 amide bonds. The minimum Gasteiger partial charge on any atom is -0.493 e. The number of hydrogen-bond acceptors (Lipinski definition) is 27. The lowest BCUT2D eigenvalue weighted by molar-refractivity contribution is -0.114. The van der Waals surface area contributed by atoms with Crippen molar-refractivity contribution >= 4 is 323 Å². The maximum Gasteiger partial charge on any atom is 0.185 e. The van der Waals surface area contributed by atoms with E-state index in [1.54, 1.807) is 12.5 Å². The van der Waals surface area contributed by atoms with Crippen LogP contribution in [0.1, 0.15) is 102 Å². The van der Waals surface area contributed by atoms with Gasteiger partial charge in [0.25, 0.3) is 0 Å². The highest BCUT2D eigenvalue weighted by molar-refractivity contribution is 8.28. The number of benzene rings is 10. The fourth-order valence-electron chi connectivity index (χ4n) is 15.3. The number of fused-ring (bicyclic) bond motifs is 13. The van der Waals surface area contributed by atoms with Gasteiger partial charge < -0.3 is 36.9 Å². The minimum atomic E-state index is 0. The summed E-state index contributed by atoms with van der Waals surface area (Å²) in [6.45, 7) is 1.50. The van der Waals surface area contributed by atoms with Crippen LogP contribution in [0.4, 0.5) is 0 Å². The number of ketones is 7. The number of Topliss-reactive ketones (excluding diaryl/α,β-unsaturated/α-hetero) is 7. The third-order valence-electron chi connectivity index (χ3n) is 21.5. The SMILES string of the molecule is C.N=C1CC(=O)/C(=C/c2ccc3c(c2)CCO3)S1.N=C1CC(=O)/C(=C/c2ccc3oc4ccccc4c3c2)S1.N=C1CC(=O)/C(=C/c2ccc3occc3c2)S1.O=C1CC(=S)N/C1=C\c1ccc2oc3ccccc3c2c1.O=C1CC(=S)S/C1=C\c1ccc2c(c1)CCO2.O=C1CC(=S)S/C1=C\c1ccc2oc3ccccc3c2c1.O=C1CC(=S)S/C1=C\c1ccc2occc2c1. The summed E-state index contributed by atoms with van der Waals surface area (Å²) in [6, 6.07) is 69.0. The molecule has 0 spiro atoms. The van der Waals surface area contributed by atoms with Crippen LogP contribution < -0.4 is 14.8 Å². The van der Waals surface area contributed by atoms with Crippen molar-refractivity contribution in [1.29, 1.82) is 16.2 Å².